The zero-order valence-corrected chi connectivity index (χ0v) is 17.5. The molecule has 2 aliphatic heterocycles. The summed E-state index contributed by atoms with van der Waals surface area (Å²) < 4.78 is 10.9. The number of allylic oxidation sites excluding steroid dienone is 1. The minimum Gasteiger partial charge on any atom is -0.426 e. The van der Waals surface area contributed by atoms with Crippen molar-refractivity contribution in [2.75, 3.05) is 31.2 Å². The van der Waals surface area contributed by atoms with Gasteiger partial charge in [-0.3, -0.25) is 14.6 Å². The number of rotatable bonds is 5. The number of morpholine rings is 1. The molecule has 2 aliphatic carbocycles. The zero-order valence-electron chi connectivity index (χ0n) is 16.7. The third kappa shape index (κ3) is 4.25. The summed E-state index contributed by atoms with van der Waals surface area (Å²) in [6.45, 7) is 3.02. The van der Waals surface area contributed by atoms with E-state index in [0.717, 1.165) is 25.2 Å². The topological polar surface area (TPSA) is 80.2 Å². The number of hydrogen-bond donors (Lipinski definition) is 1. The molecule has 2 saturated heterocycles. The molecule has 30 heavy (non-hydrogen) atoms. The first-order valence-corrected chi connectivity index (χ1v) is 11.4. The van der Waals surface area contributed by atoms with E-state index in [1.165, 1.54) is 18.2 Å². The maximum Gasteiger partial charge on any atom is 0.312 e. The Kier molecular flexibility index (Phi) is 5.52. The summed E-state index contributed by atoms with van der Waals surface area (Å²) >= 11 is 1.34. The number of hydrogen-bond acceptors (Lipinski definition) is 7. The number of carbonyl (C=O) groups is 2. The van der Waals surface area contributed by atoms with Gasteiger partial charge in [-0.1, -0.05) is 30.0 Å². The lowest BCUT2D eigenvalue weighted by atomic mass is 10.0. The van der Waals surface area contributed by atoms with Gasteiger partial charge in [-0.05, 0) is 36.8 Å². The summed E-state index contributed by atoms with van der Waals surface area (Å²) in [7, 11) is 0. The minimum atomic E-state index is -0.493. The van der Waals surface area contributed by atoms with E-state index < -0.39 is 11.2 Å². The molecule has 1 N–H and O–H groups in total. The molecule has 0 spiro atoms. The van der Waals surface area contributed by atoms with Crippen molar-refractivity contribution in [3.05, 3.63) is 36.4 Å². The molecule has 5 rings (SSSR count). The molecule has 4 aliphatic rings. The fourth-order valence-corrected chi connectivity index (χ4v) is 5.55. The van der Waals surface area contributed by atoms with Crippen LogP contribution in [0.25, 0.3) is 0 Å². The van der Waals surface area contributed by atoms with E-state index in [-0.39, 0.29) is 18.4 Å². The molecular weight excluding hydrogens is 402 g/mol. The second-order valence-corrected chi connectivity index (χ2v) is 9.34. The van der Waals surface area contributed by atoms with E-state index in [9.17, 15) is 9.59 Å². The van der Waals surface area contributed by atoms with Crippen molar-refractivity contribution in [2.24, 2.45) is 16.8 Å². The van der Waals surface area contributed by atoms with E-state index in [2.05, 4.69) is 22.4 Å². The average Bonchev–Trinajstić information content (AvgIpc) is 3.45. The molecule has 0 aromatic heterocycles. The molecule has 0 radical (unpaired) electrons. The minimum absolute atomic E-state index is 0.0218. The van der Waals surface area contributed by atoms with Crippen LogP contribution in [0.3, 0.4) is 0 Å². The lowest BCUT2D eigenvalue weighted by Gasteiger charge is -2.29. The summed E-state index contributed by atoms with van der Waals surface area (Å²) in [5.74, 6) is 1.03. The number of carbonyl (C=O) groups excluding carboxylic acids is 2. The van der Waals surface area contributed by atoms with Gasteiger partial charge in [-0.2, -0.15) is 0 Å². The van der Waals surface area contributed by atoms with Gasteiger partial charge in [0.05, 0.1) is 25.7 Å². The molecule has 1 aromatic rings. The summed E-state index contributed by atoms with van der Waals surface area (Å²) in [5, 5.41) is 2.98. The van der Waals surface area contributed by atoms with Crippen LogP contribution in [0.2, 0.25) is 0 Å². The summed E-state index contributed by atoms with van der Waals surface area (Å²) in [5.41, 5.74) is 1.01. The van der Waals surface area contributed by atoms with Crippen molar-refractivity contribution in [1.82, 2.24) is 5.32 Å². The molecule has 2 heterocycles. The Morgan fingerprint density at radius 1 is 1.27 bits per heavy atom. The number of nitrogens with zero attached hydrogens (tertiary/aromatic N) is 2. The number of esters is 1. The SMILES string of the molecule is O=C(CC1SC(=NC2CC3C=CC2C3)NC1=O)Oc1cccc(N2CCOCC2)c1. The Labute approximate surface area is 179 Å². The number of benzene rings is 1. The predicted octanol–water partition coefficient (Wildman–Crippen LogP) is 2.37. The van der Waals surface area contributed by atoms with Crippen LogP contribution in [-0.2, 0) is 14.3 Å². The Hall–Kier alpha value is -2.32. The molecule has 1 saturated carbocycles. The number of nitrogens with one attached hydrogen (secondary N) is 1. The van der Waals surface area contributed by atoms with Gasteiger partial charge in [-0.15, -0.1) is 0 Å². The highest BCUT2D eigenvalue weighted by atomic mass is 32.2. The first kappa shape index (κ1) is 19.6. The quantitative estimate of drug-likeness (QED) is 0.442. The Balaban J connectivity index is 1.17. The van der Waals surface area contributed by atoms with Crippen LogP contribution in [0.4, 0.5) is 5.69 Å². The molecule has 4 unspecified atom stereocenters. The van der Waals surface area contributed by atoms with Crippen LogP contribution < -0.4 is 15.0 Å². The first-order chi connectivity index (χ1) is 14.6. The molecule has 8 heteroatoms. The Morgan fingerprint density at radius 3 is 2.90 bits per heavy atom. The number of aliphatic imine (C=N–C) groups is 1. The molecule has 1 amide bonds. The molecule has 2 bridgehead atoms. The number of amidine groups is 1. The fraction of sp³-hybridized carbons (Fsp3) is 0.500. The van der Waals surface area contributed by atoms with Crippen molar-refractivity contribution in [1.29, 1.82) is 0 Å². The van der Waals surface area contributed by atoms with E-state index in [0.29, 0.717) is 36.0 Å². The average molecular weight is 428 g/mol. The number of amides is 1. The predicted molar refractivity (Wildman–Crippen MR) is 116 cm³/mol. The van der Waals surface area contributed by atoms with E-state index in [4.69, 9.17) is 14.5 Å². The second-order valence-electron chi connectivity index (χ2n) is 8.15. The van der Waals surface area contributed by atoms with Crippen molar-refractivity contribution in [2.45, 2.75) is 30.6 Å². The first-order valence-electron chi connectivity index (χ1n) is 10.5. The van der Waals surface area contributed by atoms with Crippen LogP contribution in [0.5, 0.6) is 5.75 Å². The van der Waals surface area contributed by atoms with E-state index in [1.54, 1.807) is 6.07 Å². The van der Waals surface area contributed by atoms with Crippen LogP contribution in [0.15, 0.2) is 41.4 Å². The normalized spacial score (nSPS) is 31.4. The molecule has 1 aromatic carbocycles. The van der Waals surface area contributed by atoms with Crippen molar-refractivity contribution >= 4 is 34.5 Å². The number of anilines is 1. The second kappa shape index (κ2) is 8.43. The molecule has 4 atom stereocenters. The standard InChI is InChI=1S/C22H25N3O4S/c26-20(29-17-3-1-2-16(12-17)25-6-8-28-9-7-25)13-19-21(27)24-22(30-19)23-18-11-14-4-5-15(18)10-14/h1-5,12,14-15,18-19H,6-11,13H2,(H,23,24,27). The van der Waals surface area contributed by atoms with Crippen molar-refractivity contribution in [3.8, 4) is 5.75 Å². The maximum absolute atomic E-state index is 12.5. The van der Waals surface area contributed by atoms with Gasteiger partial charge in [0.2, 0.25) is 5.91 Å². The fourth-order valence-electron chi connectivity index (χ4n) is 4.54. The summed E-state index contributed by atoms with van der Waals surface area (Å²) in [6, 6.07) is 7.74. The van der Waals surface area contributed by atoms with Crippen LogP contribution >= 0.6 is 11.8 Å². The lowest BCUT2D eigenvalue weighted by Crippen LogP contribution is -2.36. The maximum atomic E-state index is 12.5. The highest BCUT2D eigenvalue weighted by Crippen LogP contribution is 2.41. The van der Waals surface area contributed by atoms with Crippen LogP contribution in [0, 0.1) is 11.8 Å². The molecule has 158 valence electrons. The lowest BCUT2D eigenvalue weighted by molar-refractivity contribution is -0.135. The van der Waals surface area contributed by atoms with Gasteiger partial charge in [0.25, 0.3) is 0 Å². The van der Waals surface area contributed by atoms with Gasteiger partial charge in [-0.25, -0.2) is 0 Å². The number of thioether (sulfide) groups is 1. The largest absolute Gasteiger partial charge is 0.426 e. The third-order valence-corrected chi connectivity index (χ3v) is 7.18. The van der Waals surface area contributed by atoms with Gasteiger partial charge in [0.15, 0.2) is 5.17 Å². The van der Waals surface area contributed by atoms with Gasteiger partial charge < -0.3 is 19.7 Å². The summed E-state index contributed by atoms with van der Waals surface area (Å²) in [4.78, 5) is 31.7. The molecular formula is C22H25N3O4S. The highest BCUT2D eigenvalue weighted by molar-refractivity contribution is 8.15. The van der Waals surface area contributed by atoms with Crippen molar-refractivity contribution < 1.29 is 19.1 Å². The smallest absolute Gasteiger partial charge is 0.312 e. The van der Waals surface area contributed by atoms with Crippen LogP contribution in [0.1, 0.15) is 19.3 Å². The van der Waals surface area contributed by atoms with E-state index >= 15 is 0 Å². The third-order valence-electron chi connectivity index (χ3n) is 6.08. The van der Waals surface area contributed by atoms with Gasteiger partial charge in [0.1, 0.15) is 11.0 Å². The van der Waals surface area contributed by atoms with Gasteiger partial charge >= 0.3 is 5.97 Å². The zero-order chi connectivity index (χ0) is 20.5. The number of ether oxygens (including phenoxy) is 2. The highest BCUT2D eigenvalue weighted by Gasteiger charge is 2.38. The van der Waals surface area contributed by atoms with Crippen LogP contribution in [-0.4, -0.2) is 54.6 Å². The Bertz CT molecular complexity index is 896. The molecule has 3 fully saturated rings. The number of fused-ring (bicyclic) bond motifs is 2. The summed E-state index contributed by atoms with van der Waals surface area (Å²) in [6.07, 6.45) is 6.75. The molecule has 7 nitrogen and oxygen atoms in total. The van der Waals surface area contributed by atoms with Crippen molar-refractivity contribution in [3.63, 3.8) is 0 Å². The monoisotopic (exact) mass is 427 g/mol. The Morgan fingerprint density at radius 2 is 2.13 bits per heavy atom. The van der Waals surface area contributed by atoms with Gasteiger partial charge in [0, 0.05) is 24.8 Å². The van der Waals surface area contributed by atoms with E-state index in [1.807, 2.05) is 18.2 Å².